The molecule has 0 aromatic heterocycles. The lowest BCUT2D eigenvalue weighted by Gasteiger charge is -2.31. The van der Waals surface area contributed by atoms with Crippen molar-refractivity contribution in [2.45, 2.75) is 62.7 Å². The zero-order chi connectivity index (χ0) is 14.7. The Kier molecular flexibility index (Phi) is 5.06. The van der Waals surface area contributed by atoms with Crippen LogP contribution in [0.4, 0.5) is 0 Å². The third-order valence-electron chi connectivity index (χ3n) is 5.07. The Balaban J connectivity index is 1.94. The Hall–Kier alpha value is -0.750. The van der Waals surface area contributed by atoms with Gasteiger partial charge in [0.2, 0.25) is 0 Å². The van der Waals surface area contributed by atoms with Crippen LogP contribution in [0.1, 0.15) is 51.4 Å². The maximum absolute atomic E-state index is 5.50. The first-order chi connectivity index (χ1) is 10.3. The fraction of sp³-hybridized carbons (Fsp3) is 0.667. The summed E-state index contributed by atoms with van der Waals surface area (Å²) in [5.41, 5.74) is 1.86. The van der Waals surface area contributed by atoms with Crippen molar-refractivity contribution in [3.63, 3.8) is 0 Å². The molecule has 0 bridgehead atoms. The fourth-order valence-corrected chi connectivity index (χ4v) is 7.86. The SMILES string of the molecule is COc1cc(OC)cc(P(C2CCCC2)C2CCCC2)c1. The van der Waals surface area contributed by atoms with Gasteiger partial charge in [0.15, 0.2) is 0 Å². The summed E-state index contributed by atoms with van der Waals surface area (Å²) in [6.07, 6.45) is 11.4. The zero-order valence-electron chi connectivity index (χ0n) is 13.3. The first-order valence-electron chi connectivity index (χ1n) is 8.33. The van der Waals surface area contributed by atoms with Crippen LogP contribution in [0.5, 0.6) is 11.5 Å². The Morgan fingerprint density at radius 1 is 0.762 bits per heavy atom. The van der Waals surface area contributed by atoms with E-state index in [2.05, 4.69) is 12.1 Å². The molecule has 2 nitrogen and oxygen atoms in total. The van der Waals surface area contributed by atoms with E-state index in [4.69, 9.17) is 9.47 Å². The molecule has 0 aliphatic heterocycles. The molecule has 0 saturated heterocycles. The molecule has 0 amide bonds. The Morgan fingerprint density at radius 2 is 1.19 bits per heavy atom. The average Bonchev–Trinajstić information content (AvgIpc) is 3.21. The molecule has 3 rings (SSSR count). The number of methoxy groups -OCH3 is 2. The van der Waals surface area contributed by atoms with E-state index in [1.54, 1.807) is 14.2 Å². The van der Waals surface area contributed by atoms with E-state index in [-0.39, 0.29) is 7.92 Å². The minimum Gasteiger partial charge on any atom is -0.497 e. The van der Waals surface area contributed by atoms with Gasteiger partial charge in [0, 0.05) is 6.07 Å². The van der Waals surface area contributed by atoms with E-state index in [0.29, 0.717) is 0 Å². The number of hydrogen-bond donors (Lipinski definition) is 0. The predicted molar refractivity (Wildman–Crippen MR) is 90.6 cm³/mol. The van der Waals surface area contributed by atoms with E-state index in [0.717, 1.165) is 22.8 Å². The highest BCUT2D eigenvalue weighted by atomic mass is 31.1. The largest absolute Gasteiger partial charge is 0.497 e. The van der Waals surface area contributed by atoms with Gasteiger partial charge in [-0.25, -0.2) is 0 Å². The van der Waals surface area contributed by atoms with Gasteiger partial charge in [0.05, 0.1) is 14.2 Å². The molecule has 0 atom stereocenters. The van der Waals surface area contributed by atoms with Gasteiger partial charge in [-0.05, 0) is 54.4 Å². The molecule has 0 spiro atoms. The molecule has 0 unspecified atom stereocenters. The minimum atomic E-state index is -0.0619. The smallest absolute Gasteiger partial charge is 0.123 e. The number of ether oxygens (including phenoxy) is 2. The Bertz CT molecular complexity index is 424. The molecule has 2 saturated carbocycles. The quantitative estimate of drug-likeness (QED) is 0.734. The molecule has 2 aliphatic rings. The summed E-state index contributed by atoms with van der Waals surface area (Å²) in [6.45, 7) is 0. The van der Waals surface area contributed by atoms with E-state index >= 15 is 0 Å². The van der Waals surface area contributed by atoms with E-state index in [9.17, 15) is 0 Å². The van der Waals surface area contributed by atoms with Crippen LogP contribution in [0.3, 0.4) is 0 Å². The highest BCUT2D eigenvalue weighted by Crippen LogP contribution is 2.56. The van der Waals surface area contributed by atoms with Gasteiger partial charge < -0.3 is 9.47 Å². The van der Waals surface area contributed by atoms with E-state index in [1.807, 2.05) is 6.07 Å². The Morgan fingerprint density at radius 3 is 1.57 bits per heavy atom. The normalized spacial score (nSPS) is 20.3. The van der Waals surface area contributed by atoms with Crippen LogP contribution in [-0.2, 0) is 0 Å². The molecule has 0 radical (unpaired) electrons. The van der Waals surface area contributed by atoms with Crippen LogP contribution >= 0.6 is 7.92 Å². The third-order valence-corrected chi connectivity index (χ3v) is 8.53. The molecule has 1 aromatic rings. The highest BCUT2D eigenvalue weighted by Gasteiger charge is 2.34. The van der Waals surface area contributed by atoms with Gasteiger partial charge in [0.25, 0.3) is 0 Å². The molecule has 3 heteroatoms. The molecular formula is C18H27O2P. The zero-order valence-corrected chi connectivity index (χ0v) is 14.2. The number of hydrogen-bond acceptors (Lipinski definition) is 2. The first kappa shape index (κ1) is 15.2. The highest BCUT2D eigenvalue weighted by molar-refractivity contribution is 7.67. The van der Waals surface area contributed by atoms with Gasteiger partial charge in [0.1, 0.15) is 11.5 Å². The van der Waals surface area contributed by atoms with Crippen molar-refractivity contribution in [2.24, 2.45) is 0 Å². The topological polar surface area (TPSA) is 18.5 Å². The van der Waals surface area contributed by atoms with Crippen molar-refractivity contribution in [3.8, 4) is 11.5 Å². The molecular weight excluding hydrogens is 279 g/mol. The second-order valence-corrected chi connectivity index (χ2v) is 9.15. The summed E-state index contributed by atoms with van der Waals surface area (Å²) in [7, 11) is 3.45. The fourth-order valence-electron chi connectivity index (χ4n) is 4.03. The van der Waals surface area contributed by atoms with Gasteiger partial charge in [-0.2, -0.15) is 0 Å². The third kappa shape index (κ3) is 3.37. The maximum Gasteiger partial charge on any atom is 0.123 e. The number of rotatable bonds is 5. The average molecular weight is 306 g/mol. The molecule has 0 heterocycles. The standard InChI is InChI=1S/C18H27O2P/c1-19-14-11-15(20-2)13-18(12-14)21(16-7-3-4-8-16)17-9-5-6-10-17/h11-13,16-17H,3-10H2,1-2H3. The summed E-state index contributed by atoms with van der Waals surface area (Å²) in [5.74, 6) is 1.90. The maximum atomic E-state index is 5.50. The lowest BCUT2D eigenvalue weighted by Crippen LogP contribution is -2.19. The lowest BCUT2D eigenvalue weighted by atomic mass is 10.3. The van der Waals surface area contributed by atoms with Crippen molar-refractivity contribution in [2.75, 3.05) is 14.2 Å². The second kappa shape index (κ2) is 7.01. The van der Waals surface area contributed by atoms with Crippen molar-refractivity contribution in [1.82, 2.24) is 0 Å². The molecule has 2 aliphatic carbocycles. The first-order valence-corrected chi connectivity index (χ1v) is 9.81. The van der Waals surface area contributed by atoms with Gasteiger partial charge in [-0.3, -0.25) is 0 Å². The molecule has 2 fully saturated rings. The van der Waals surface area contributed by atoms with E-state index in [1.165, 1.54) is 56.7 Å². The summed E-state index contributed by atoms with van der Waals surface area (Å²) >= 11 is 0. The second-order valence-electron chi connectivity index (χ2n) is 6.35. The van der Waals surface area contributed by atoms with Gasteiger partial charge in [-0.1, -0.05) is 33.6 Å². The van der Waals surface area contributed by atoms with Crippen LogP contribution in [-0.4, -0.2) is 25.5 Å². The van der Waals surface area contributed by atoms with Crippen LogP contribution in [0.15, 0.2) is 18.2 Å². The molecule has 116 valence electrons. The monoisotopic (exact) mass is 306 g/mol. The van der Waals surface area contributed by atoms with Crippen LogP contribution in [0.2, 0.25) is 0 Å². The van der Waals surface area contributed by atoms with E-state index < -0.39 is 0 Å². The number of benzene rings is 1. The van der Waals surface area contributed by atoms with Crippen molar-refractivity contribution < 1.29 is 9.47 Å². The van der Waals surface area contributed by atoms with Crippen LogP contribution in [0.25, 0.3) is 0 Å². The van der Waals surface area contributed by atoms with Crippen LogP contribution in [0, 0.1) is 0 Å². The summed E-state index contributed by atoms with van der Waals surface area (Å²) in [6, 6.07) is 6.57. The van der Waals surface area contributed by atoms with Crippen molar-refractivity contribution in [1.29, 1.82) is 0 Å². The summed E-state index contributed by atoms with van der Waals surface area (Å²) < 4.78 is 11.0. The minimum absolute atomic E-state index is 0.0619. The van der Waals surface area contributed by atoms with Crippen molar-refractivity contribution >= 4 is 13.2 Å². The Labute approximate surface area is 130 Å². The molecule has 21 heavy (non-hydrogen) atoms. The van der Waals surface area contributed by atoms with Crippen LogP contribution < -0.4 is 14.8 Å². The lowest BCUT2D eigenvalue weighted by molar-refractivity contribution is 0.395. The van der Waals surface area contributed by atoms with Gasteiger partial charge in [-0.15, -0.1) is 0 Å². The molecule has 1 aromatic carbocycles. The summed E-state index contributed by atoms with van der Waals surface area (Å²) in [5, 5.41) is 1.51. The van der Waals surface area contributed by atoms with Crippen molar-refractivity contribution in [3.05, 3.63) is 18.2 Å². The molecule has 0 N–H and O–H groups in total. The van der Waals surface area contributed by atoms with Gasteiger partial charge >= 0.3 is 0 Å². The summed E-state index contributed by atoms with van der Waals surface area (Å²) in [4.78, 5) is 0. The predicted octanol–water partition coefficient (Wildman–Crippen LogP) is 4.70.